The zero-order valence-electron chi connectivity index (χ0n) is 44.7. The molecule has 1 heterocycles. The van der Waals surface area contributed by atoms with E-state index in [-0.39, 0.29) is 60.7 Å². The molecule has 0 unspecified atom stereocenters. The third-order valence-electron chi connectivity index (χ3n) is 13.2. The Labute approximate surface area is 481 Å². The lowest BCUT2D eigenvalue weighted by Crippen LogP contribution is -2.62. The molecule has 0 radical (unpaired) electrons. The zero-order valence-corrected chi connectivity index (χ0v) is 47.1. The summed E-state index contributed by atoms with van der Waals surface area (Å²) in [6, 6.07) is 12.4. The van der Waals surface area contributed by atoms with Gasteiger partial charge >= 0.3 is 0 Å². The Kier molecular flexibility index (Phi) is 25.1. The van der Waals surface area contributed by atoms with Gasteiger partial charge in [-0.25, -0.2) is 0 Å². The molecule has 9 atom stereocenters. The fourth-order valence-electron chi connectivity index (χ4n) is 8.51. The molecule has 17 N–H and O–H groups in total. The molecule has 0 saturated carbocycles. The summed E-state index contributed by atoms with van der Waals surface area (Å²) >= 11 is 6.10. The highest BCUT2D eigenvalue weighted by Gasteiger charge is 2.37. The molecule has 81 heavy (non-hydrogen) atoms. The van der Waals surface area contributed by atoms with Crippen molar-refractivity contribution in [1.29, 1.82) is 0 Å². The van der Waals surface area contributed by atoms with Crippen LogP contribution in [0.1, 0.15) is 65.2 Å². The number of hydrogen-bond acceptors (Lipinski definition) is 16. The molecule has 1 fully saturated rings. The normalized spacial score (nSPS) is 20.8. The van der Waals surface area contributed by atoms with Gasteiger partial charge in [0.1, 0.15) is 53.8 Å². The van der Waals surface area contributed by atoms with E-state index in [2.05, 4.69) is 31.9 Å². The van der Waals surface area contributed by atoms with Crippen molar-refractivity contribution in [3.63, 3.8) is 0 Å². The number of nitrogens with one attached hydrogen (secondary N) is 6. The highest BCUT2D eigenvalue weighted by atomic mass is 35.5. The number of unbranched alkanes of at least 4 members (excludes halogenated alkanes) is 2. The van der Waals surface area contributed by atoms with E-state index in [4.69, 9.17) is 34.5 Å². The predicted molar refractivity (Wildman–Crippen MR) is 307 cm³/mol. The number of nitrogens with zero attached hydrogens (tertiary/aromatic N) is 1. The minimum Gasteiger partial charge on any atom is -0.508 e. The van der Waals surface area contributed by atoms with Crippen molar-refractivity contribution in [3.05, 3.63) is 130 Å². The van der Waals surface area contributed by atoms with Gasteiger partial charge in [-0.2, -0.15) is 0 Å². The molecular formula is C55H70ClN11O12S2. The van der Waals surface area contributed by atoms with Gasteiger partial charge in [0.2, 0.25) is 53.2 Å². The molecule has 436 valence electrons. The number of aliphatic hydroxyl groups excluding tert-OH is 1. The van der Waals surface area contributed by atoms with Crippen LogP contribution in [0, 0.1) is 0 Å². The summed E-state index contributed by atoms with van der Waals surface area (Å²) in [5.74, 6) is -8.57. The number of likely N-dealkylation sites (N-methyl/N-ethyl adjacent to an activating group) is 1. The van der Waals surface area contributed by atoms with E-state index in [9.17, 15) is 58.5 Å². The number of phenolic OH excluding ortho intramolecular Hbond substituents is 2. The van der Waals surface area contributed by atoms with E-state index in [1.807, 2.05) is 0 Å². The maximum absolute atomic E-state index is 14.9. The molecule has 23 nitrogen and oxygen atoms in total. The summed E-state index contributed by atoms with van der Waals surface area (Å²) in [5, 5.41) is 47.3. The van der Waals surface area contributed by atoms with Crippen molar-refractivity contribution in [2.24, 2.45) is 22.9 Å². The molecule has 4 aromatic rings. The maximum Gasteiger partial charge on any atom is 0.248 e. The van der Waals surface area contributed by atoms with E-state index in [0.717, 1.165) is 26.5 Å². The average Bonchev–Trinajstić information content (AvgIpc) is 3.48. The van der Waals surface area contributed by atoms with Crippen molar-refractivity contribution < 1.29 is 58.5 Å². The second kappa shape index (κ2) is 31.5. The van der Waals surface area contributed by atoms with Crippen LogP contribution in [0.15, 0.2) is 97.1 Å². The second-order valence-electron chi connectivity index (χ2n) is 19.6. The van der Waals surface area contributed by atoms with Crippen LogP contribution >= 0.6 is 33.2 Å². The van der Waals surface area contributed by atoms with E-state index in [1.54, 1.807) is 24.3 Å². The molecule has 4 aromatic carbocycles. The SMILES string of the molecule is C[C@@H](O)[C@@H]1NC(=O)[C@H](CCCCCN)NC(=O)[C@@H](Cc2ccc(C(N)=O)cc2)NC(=O)[C@H](Cc2ccc(O)cc2)NC(=O)[C@H](N(C)C(=O)[C@@H](N)Cc2ccc(Cl)cc2)CSSC[C@@H](C(=O)N[C@H](Cc2ccc(O)cc2)C(N)=O)NC1=O. The Morgan fingerprint density at radius 3 is 1.69 bits per heavy atom. The summed E-state index contributed by atoms with van der Waals surface area (Å²) in [4.78, 5) is 128. The minimum absolute atomic E-state index is 0.0232. The van der Waals surface area contributed by atoms with Crippen LogP contribution in [0.4, 0.5) is 0 Å². The number of aromatic hydroxyl groups is 2. The number of amides is 9. The van der Waals surface area contributed by atoms with Gasteiger partial charge < -0.3 is 75.1 Å². The summed E-state index contributed by atoms with van der Waals surface area (Å²) in [5.41, 5.74) is 25.7. The first-order chi connectivity index (χ1) is 38.5. The summed E-state index contributed by atoms with van der Waals surface area (Å²) in [7, 11) is 3.30. The molecule has 5 rings (SSSR count). The van der Waals surface area contributed by atoms with Crippen molar-refractivity contribution in [2.45, 2.75) is 113 Å². The lowest BCUT2D eigenvalue weighted by molar-refractivity contribution is -0.140. The van der Waals surface area contributed by atoms with Crippen LogP contribution < -0.4 is 54.8 Å². The third-order valence-corrected chi connectivity index (χ3v) is 15.9. The van der Waals surface area contributed by atoms with Gasteiger partial charge in [0, 0.05) is 48.4 Å². The van der Waals surface area contributed by atoms with Crippen LogP contribution in [0.3, 0.4) is 0 Å². The van der Waals surface area contributed by atoms with E-state index < -0.39 is 108 Å². The zero-order chi connectivity index (χ0) is 59.3. The van der Waals surface area contributed by atoms with Crippen molar-refractivity contribution >= 4 is 86.4 Å². The van der Waals surface area contributed by atoms with Crippen LogP contribution in [-0.2, 0) is 64.0 Å². The monoisotopic (exact) mass is 1180 g/mol. The summed E-state index contributed by atoms with van der Waals surface area (Å²) in [6.45, 7) is 1.54. The van der Waals surface area contributed by atoms with Crippen LogP contribution in [0.25, 0.3) is 0 Å². The van der Waals surface area contributed by atoms with Crippen molar-refractivity contribution in [3.8, 4) is 11.5 Å². The lowest BCUT2D eigenvalue weighted by Gasteiger charge is -2.31. The first kappa shape index (κ1) is 64.4. The number of rotatable bonds is 20. The van der Waals surface area contributed by atoms with Gasteiger partial charge in [-0.3, -0.25) is 43.2 Å². The Morgan fingerprint density at radius 2 is 1.15 bits per heavy atom. The van der Waals surface area contributed by atoms with Gasteiger partial charge in [-0.15, -0.1) is 0 Å². The molecular weight excluding hydrogens is 1110 g/mol. The fraction of sp³-hybridized carbons (Fsp3) is 0.400. The molecule has 9 amide bonds. The quantitative estimate of drug-likeness (QED) is 0.0408. The largest absolute Gasteiger partial charge is 0.508 e. The highest BCUT2D eigenvalue weighted by molar-refractivity contribution is 8.76. The smallest absolute Gasteiger partial charge is 0.248 e. The van der Waals surface area contributed by atoms with Crippen LogP contribution in [0.5, 0.6) is 11.5 Å². The number of aliphatic hydroxyl groups is 1. The number of primary amides is 2. The molecule has 0 aromatic heterocycles. The standard InChI is InChI=1S/C55H70ClN11O12S2/c1-30(68)46-54(78)65-44(52(76)62-41(48(60)72)25-33-11-19-37(69)20-12-33)28-80-81-29-45(67(2)55(79)39(58)24-31-9-17-36(56)18-10-31)53(77)64-43(27-34-13-21-38(70)22-14-34)51(75)63-42(26-32-7-15-35(16-8-32)47(59)71)50(74)61-40(49(73)66-46)6-4-3-5-23-57/h7-22,30,39-46,68-70H,3-6,23-29,57-58H2,1-2H3,(H2,59,71)(H2,60,72)(H,61,74)(H,62,76)(H,63,75)(H,64,77)(H,65,78)(H,66,73)/t30-,39+,40+,41-,42-,43+,44+,45-,46+/m1/s1. The van der Waals surface area contributed by atoms with Crippen LogP contribution in [0.2, 0.25) is 5.02 Å². The first-order valence-electron chi connectivity index (χ1n) is 26.0. The molecule has 0 bridgehead atoms. The summed E-state index contributed by atoms with van der Waals surface area (Å²) < 4.78 is 0. The Bertz CT molecular complexity index is 2820. The molecule has 0 spiro atoms. The molecule has 1 saturated heterocycles. The fourth-order valence-corrected chi connectivity index (χ4v) is 11.1. The van der Waals surface area contributed by atoms with Crippen molar-refractivity contribution in [2.75, 3.05) is 25.1 Å². The first-order valence-corrected chi connectivity index (χ1v) is 28.8. The topological polar surface area (TPSA) is 394 Å². The van der Waals surface area contributed by atoms with E-state index in [1.165, 1.54) is 86.8 Å². The maximum atomic E-state index is 14.9. The number of carbonyl (C=O) groups excluding carboxylic acids is 9. The third kappa shape index (κ3) is 20.3. The Balaban J connectivity index is 1.60. The Morgan fingerprint density at radius 1 is 0.654 bits per heavy atom. The second-order valence-corrected chi connectivity index (χ2v) is 22.5. The number of halogens is 1. The number of nitrogens with two attached hydrogens (primary N) is 4. The summed E-state index contributed by atoms with van der Waals surface area (Å²) in [6.07, 6.45) is -0.780. The number of phenols is 2. The van der Waals surface area contributed by atoms with E-state index in [0.29, 0.717) is 53.1 Å². The van der Waals surface area contributed by atoms with Crippen LogP contribution in [-0.4, -0.2) is 153 Å². The van der Waals surface area contributed by atoms with Gasteiger partial charge in [-0.1, -0.05) is 94.6 Å². The molecule has 26 heteroatoms. The Hall–Kier alpha value is -7.42. The van der Waals surface area contributed by atoms with Gasteiger partial charge in [-0.05, 0) is 104 Å². The van der Waals surface area contributed by atoms with Gasteiger partial charge in [0.25, 0.3) is 0 Å². The van der Waals surface area contributed by atoms with Crippen molar-refractivity contribution in [1.82, 2.24) is 36.8 Å². The molecule has 1 aliphatic heterocycles. The predicted octanol–water partition coefficient (Wildman–Crippen LogP) is -0.0360. The molecule has 1 aliphatic rings. The van der Waals surface area contributed by atoms with Gasteiger partial charge in [0.05, 0.1) is 12.1 Å². The molecule has 0 aliphatic carbocycles. The average molecular weight is 1180 g/mol. The number of hydrogen-bond donors (Lipinski definition) is 13. The van der Waals surface area contributed by atoms with Gasteiger partial charge in [0.15, 0.2) is 0 Å². The highest BCUT2D eigenvalue weighted by Crippen LogP contribution is 2.26. The minimum atomic E-state index is -1.76. The van der Waals surface area contributed by atoms with E-state index >= 15 is 0 Å². The lowest BCUT2D eigenvalue weighted by atomic mass is 10.00. The number of carbonyl (C=O) groups is 9. The number of benzene rings is 4.